The van der Waals surface area contributed by atoms with E-state index in [-0.39, 0.29) is 18.0 Å². The van der Waals surface area contributed by atoms with Crippen LogP contribution in [0.3, 0.4) is 0 Å². The number of hydrogen-bond donors (Lipinski definition) is 1. The van der Waals surface area contributed by atoms with Crippen molar-refractivity contribution in [2.75, 3.05) is 26.7 Å². The molecule has 4 rings (SSSR count). The Morgan fingerprint density at radius 2 is 1.72 bits per heavy atom. The lowest BCUT2D eigenvalue weighted by molar-refractivity contribution is -0.124. The maximum Gasteiger partial charge on any atom is 0.256 e. The molecular weight excluding hydrogens is 407 g/mol. The van der Waals surface area contributed by atoms with Gasteiger partial charge in [-0.25, -0.2) is 4.39 Å². The minimum Gasteiger partial charge on any atom is -0.496 e. The van der Waals surface area contributed by atoms with Crippen molar-refractivity contribution >= 4 is 11.8 Å². The number of ether oxygens (including phenoxy) is 1. The van der Waals surface area contributed by atoms with E-state index in [1.807, 2.05) is 48.5 Å². The van der Waals surface area contributed by atoms with Crippen LogP contribution in [0.1, 0.15) is 15.9 Å². The van der Waals surface area contributed by atoms with E-state index >= 15 is 0 Å². The number of hydrogen-bond acceptors (Lipinski definition) is 3. The number of carbonyl (C=O) groups is 2. The van der Waals surface area contributed by atoms with Crippen molar-refractivity contribution < 1.29 is 18.7 Å². The number of carbonyl (C=O) groups excluding carboxylic acids is 2. The molecule has 1 N–H and O–H groups in total. The third-order valence-electron chi connectivity index (χ3n) is 5.76. The van der Waals surface area contributed by atoms with Gasteiger partial charge in [0.25, 0.3) is 5.91 Å². The molecule has 6 heteroatoms. The van der Waals surface area contributed by atoms with Gasteiger partial charge in [-0.15, -0.1) is 0 Å². The third-order valence-corrected chi connectivity index (χ3v) is 5.76. The number of nitrogens with zero attached hydrogens (tertiary/aromatic N) is 1. The van der Waals surface area contributed by atoms with Crippen LogP contribution in [0, 0.1) is 11.7 Å². The molecule has 1 atom stereocenters. The van der Waals surface area contributed by atoms with Gasteiger partial charge >= 0.3 is 0 Å². The second kappa shape index (κ2) is 9.64. The summed E-state index contributed by atoms with van der Waals surface area (Å²) in [6.07, 6.45) is 0.446. The Morgan fingerprint density at radius 3 is 2.50 bits per heavy atom. The smallest absolute Gasteiger partial charge is 0.256 e. The van der Waals surface area contributed by atoms with E-state index in [4.69, 9.17) is 4.74 Å². The fourth-order valence-electron chi connectivity index (χ4n) is 4.14. The standard InChI is InChI=1S/C26H25FN2O3/c1-32-24-13-7-5-10-21(24)20-9-3-2-8-18(20)16-19-17-29(15-14-28-25(19)30)26(31)22-11-4-6-12-23(22)27/h2-13,19H,14-17H2,1H3,(H,28,30)/t19-/m0/s1. The molecule has 1 aliphatic rings. The fraction of sp³-hybridized carbons (Fsp3) is 0.231. The van der Waals surface area contributed by atoms with E-state index in [0.29, 0.717) is 19.5 Å². The zero-order valence-corrected chi connectivity index (χ0v) is 17.9. The number of methoxy groups -OCH3 is 1. The highest BCUT2D eigenvalue weighted by Crippen LogP contribution is 2.33. The summed E-state index contributed by atoms with van der Waals surface area (Å²) in [7, 11) is 1.63. The summed E-state index contributed by atoms with van der Waals surface area (Å²) in [5, 5.41) is 2.90. The zero-order chi connectivity index (χ0) is 22.5. The topological polar surface area (TPSA) is 58.6 Å². The number of halogens is 1. The van der Waals surface area contributed by atoms with Crippen LogP contribution < -0.4 is 10.1 Å². The first-order chi connectivity index (χ1) is 15.6. The average Bonchev–Trinajstić information content (AvgIpc) is 3.00. The molecule has 1 aliphatic heterocycles. The first kappa shape index (κ1) is 21.6. The molecule has 1 saturated heterocycles. The highest BCUT2D eigenvalue weighted by Gasteiger charge is 2.30. The Morgan fingerprint density at radius 1 is 1.03 bits per heavy atom. The Labute approximate surface area is 186 Å². The van der Waals surface area contributed by atoms with Gasteiger partial charge in [-0.3, -0.25) is 9.59 Å². The Kier molecular flexibility index (Phi) is 6.50. The summed E-state index contributed by atoms with van der Waals surface area (Å²) in [5.41, 5.74) is 2.93. The number of nitrogens with one attached hydrogen (secondary N) is 1. The van der Waals surface area contributed by atoms with Gasteiger partial charge in [0.05, 0.1) is 18.6 Å². The molecule has 164 valence electrons. The summed E-state index contributed by atoms with van der Waals surface area (Å²) in [6.45, 7) is 0.895. The van der Waals surface area contributed by atoms with Crippen LogP contribution in [0.4, 0.5) is 4.39 Å². The molecule has 0 aliphatic carbocycles. The van der Waals surface area contributed by atoms with Crippen molar-refractivity contribution in [2.24, 2.45) is 5.92 Å². The number of rotatable bonds is 5. The van der Waals surface area contributed by atoms with Crippen molar-refractivity contribution in [2.45, 2.75) is 6.42 Å². The monoisotopic (exact) mass is 432 g/mol. The normalized spacial score (nSPS) is 16.2. The Hall–Kier alpha value is -3.67. The summed E-state index contributed by atoms with van der Waals surface area (Å²) < 4.78 is 19.7. The Bertz CT molecular complexity index is 1130. The van der Waals surface area contributed by atoms with Gasteiger partial charge < -0.3 is 15.0 Å². The van der Waals surface area contributed by atoms with Crippen LogP contribution in [0.2, 0.25) is 0 Å². The van der Waals surface area contributed by atoms with Crippen LogP contribution in [0.15, 0.2) is 72.8 Å². The minimum atomic E-state index is -0.556. The highest BCUT2D eigenvalue weighted by molar-refractivity contribution is 5.95. The van der Waals surface area contributed by atoms with E-state index in [1.54, 1.807) is 24.1 Å². The lowest BCUT2D eigenvalue weighted by Gasteiger charge is -2.24. The van der Waals surface area contributed by atoms with E-state index in [2.05, 4.69) is 5.32 Å². The van der Waals surface area contributed by atoms with Crippen LogP contribution in [0.5, 0.6) is 5.75 Å². The second-order valence-electron chi connectivity index (χ2n) is 7.78. The largest absolute Gasteiger partial charge is 0.496 e. The van der Waals surface area contributed by atoms with Gasteiger partial charge in [0.2, 0.25) is 5.91 Å². The van der Waals surface area contributed by atoms with Crippen LogP contribution >= 0.6 is 0 Å². The van der Waals surface area contributed by atoms with E-state index < -0.39 is 17.6 Å². The SMILES string of the molecule is COc1ccccc1-c1ccccc1C[C@H]1CN(C(=O)c2ccccc2F)CCNC1=O. The predicted molar refractivity (Wildman–Crippen MR) is 121 cm³/mol. The van der Waals surface area contributed by atoms with Crippen molar-refractivity contribution in [1.82, 2.24) is 10.2 Å². The van der Waals surface area contributed by atoms with Gasteiger partial charge in [0.1, 0.15) is 11.6 Å². The molecule has 3 aromatic rings. The molecule has 0 aromatic heterocycles. The second-order valence-corrected chi connectivity index (χ2v) is 7.78. The molecular formula is C26H25FN2O3. The molecule has 3 aromatic carbocycles. The molecule has 5 nitrogen and oxygen atoms in total. The molecule has 0 bridgehead atoms. The van der Waals surface area contributed by atoms with Crippen LogP contribution in [-0.2, 0) is 11.2 Å². The van der Waals surface area contributed by atoms with Gasteiger partial charge in [-0.05, 0) is 35.7 Å². The summed E-state index contributed by atoms with van der Waals surface area (Å²) >= 11 is 0. The molecule has 0 spiro atoms. The first-order valence-electron chi connectivity index (χ1n) is 10.6. The predicted octanol–water partition coefficient (Wildman–Crippen LogP) is 3.93. The summed E-state index contributed by atoms with van der Waals surface area (Å²) in [6, 6.07) is 21.6. The van der Waals surface area contributed by atoms with Gasteiger partial charge in [0, 0.05) is 25.2 Å². The van der Waals surface area contributed by atoms with Gasteiger partial charge in [-0.1, -0.05) is 54.6 Å². The molecule has 0 saturated carbocycles. The van der Waals surface area contributed by atoms with Crippen molar-refractivity contribution in [3.8, 4) is 16.9 Å². The van der Waals surface area contributed by atoms with Crippen LogP contribution in [0.25, 0.3) is 11.1 Å². The molecule has 32 heavy (non-hydrogen) atoms. The zero-order valence-electron chi connectivity index (χ0n) is 17.9. The lowest BCUT2D eigenvalue weighted by atomic mass is 9.91. The fourth-order valence-corrected chi connectivity index (χ4v) is 4.14. The molecule has 0 radical (unpaired) electrons. The molecule has 1 heterocycles. The number of para-hydroxylation sites is 1. The average molecular weight is 432 g/mol. The highest BCUT2D eigenvalue weighted by atomic mass is 19.1. The summed E-state index contributed by atoms with van der Waals surface area (Å²) in [4.78, 5) is 27.4. The van der Waals surface area contributed by atoms with E-state index in [1.165, 1.54) is 12.1 Å². The van der Waals surface area contributed by atoms with Crippen molar-refractivity contribution in [1.29, 1.82) is 0 Å². The van der Waals surface area contributed by atoms with Crippen molar-refractivity contribution in [3.05, 3.63) is 89.7 Å². The quantitative estimate of drug-likeness (QED) is 0.665. The number of amides is 2. The van der Waals surface area contributed by atoms with Gasteiger partial charge in [0.15, 0.2) is 0 Å². The minimum absolute atomic E-state index is 0.0232. The molecule has 0 unspecified atom stereocenters. The third kappa shape index (κ3) is 4.49. The van der Waals surface area contributed by atoms with Gasteiger partial charge in [-0.2, -0.15) is 0 Å². The Balaban J connectivity index is 1.62. The van der Waals surface area contributed by atoms with E-state index in [0.717, 1.165) is 22.4 Å². The number of benzene rings is 3. The first-order valence-corrected chi connectivity index (χ1v) is 10.6. The maximum atomic E-state index is 14.2. The molecule has 1 fully saturated rings. The maximum absolute atomic E-state index is 14.2. The molecule has 2 amide bonds. The lowest BCUT2D eigenvalue weighted by Crippen LogP contribution is -2.37. The van der Waals surface area contributed by atoms with Crippen molar-refractivity contribution in [3.63, 3.8) is 0 Å². The summed E-state index contributed by atoms with van der Waals surface area (Å²) in [5.74, 6) is -0.768. The van der Waals surface area contributed by atoms with E-state index in [9.17, 15) is 14.0 Å². The van der Waals surface area contributed by atoms with Crippen LogP contribution in [-0.4, -0.2) is 43.5 Å².